The maximum atomic E-state index is 14.3. The van der Waals surface area contributed by atoms with E-state index in [1.807, 2.05) is 0 Å². The van der Waals surface area contributed by atoms with Gasteiger partial charge in [0.25, 0.3) is 5.91 Å². The molecule has 1 saturated heterocycles. The largest absolute Gasteiger partial charge is 0.493 e. The second kappa shape index (κ2) is 8.52. The van der Waals surface area contributed by atoms with Crippen LogP contribution < -0.4 is 14.8 Å². The van der Waals surface area contributed by atoms with Crippen molar-refractivity contribution in [2.75, 3.05) is 25.5 Å². The lowest BCUT2D eigenvalue weighted by Crippen LogP contribution is -2.58. The first-order chi connectivity index (χ1) is 14.9. The quantitative estimate of drug-likeness (QED) is 0.600. The number of likely N-dealkylation sites (tertiary alicyclic amines) is 1. The Labute approximate surface area is 182 Å². The zero-order valence-electron chi connectivity index (χ0n) is 16.8. The van der Waals surface area contributed by atoms with E-state index >= 15 is 0 Å². The number of rotatable bonds is 6. The summed E-state index contributed by atoms with van der Waals surface area (Å²) in [7, 11) is 1.51. The first-order valence-corrected chi connectivity index (χ1v) is 9.92. The third kappa shape index (κ3) is 4.19. The molecule has 0 bridgehead atoms. The number of aromatic nitrogens is 2. The van der Waals surface area contributed by atoms with Gasteiger partial charge in [0.2, 0.25) is 0 Å². The zero-order valence-corrected chi connectivity index (χ0v) is 17.6. The molecule has 1 aliphatic rings. The minimum Gasteiger partial charge on any atom is -0.493 e. The molecule has 1 amide bonds. The number of carbonyl (C=O) groups excluding carboxylic acids is 1. The van der Waals surface area contributed by atoms with Gasteiger partial charge in [-0.1, -0.05) is 17.7 Å². The van der Waals surface area contributed by atoms with Crippen molar-refractivity contribution in [1.29, 1.82) is 0 Å². The number of aliphatic hydroxyl groups is 1. The normalized spacial score (nSPS) is 14.8. The van der Waals surface area contributed by atoms with Crippen LogP contribution in [0.3, 0.4) is 0 Å². The van der Waals surface area contributed by atoms with Crippen molar-refractivity contribution in [3.8, 4) is 11.5 Å². The highest BCUT2D eigenvalue weighted by Crippen LogP contribution is 2.36. The lowest BCUT2D eigenvalue weighted by atomic mass is 10.1. The van der Waals surface area contributed by atoms with Gasteiger partial charge in [0.1, 0.15) is 24.4 Å². The third-order valence-corrected chi connectivity index (χ3v) is 5.23. The smallest absolute Gasteiger partial charge is 0.251 e. The Morgan fingerprint density at radius 1 is 1.32 bits per heavy atom. The van der Waals surface area contributed by atoms with Gasteiger partial charge in [0.05, 0.1) is 36.4 Å². The van der Waals surface area contributed by atoms with E-state index in [2.05, 4.69) is 15.3 Å². The molecule has 0 aliphatic carbocycles. The molecular weight excluding hydrogens is 427 g/mol. The molecule has 2 heterocycles. The van der Waals surface area contributed by atoms with Crippen LogP contribution in [0.4, 0.5) is 15.9 Å². The minimum absolute atomic E-state index is 0.000226. The van der Waals surface area contributed by atoms with E-state index in [0.29, 0.717) is 41.3 Å². The molecule has 0 radical (unpaired) electrons. The Balaban J connectivity index is 1.59. The molecule has 1 aromatic heterocycles. The van der Waals surface area contributed by atoms with E-state index in [1.165, 1.54) is 31.3 Å². The summed E-state index contributed by atoms with van der Waals surface area (Å²) in [4.78, 5) is 21.8. The van der Waals surface area contributed by atoms with Crippen molar-refractivity contribution in [2.45, 2.75) is 19.1 Å². The number of fused-ring (bicyclic) bond motifs is 1. The Bertz CT molecular complexity index is 1140. The highest BCUT2D eigenvalue weighted by molar-refractivity contribution is 6.31. The first-order valence-electron chi connectivity index (χ1n) is 9.54. The fraction of sp³-hybridized carbons (Fsp3) is 0.286. The topological polar surface area (TPSA) is 96.8 Å². The fourth-order valence-electron chi connectivity index (χ4n) is 3.28. The van der Waals surface area contributed by atoms with E-state index in [4.69, 9.17) is 21.1 Å². The molecule has 4 rings (SSSR count). The van der Waals surface area contributed by atoms with Crippen molar-refractivity contribution in [1.82, 2.24) is 14.9 Å². The molecule has 162 valence electrons. The van der Waals surface area contributed by atoms with Crippen LogP contribution >= 0.6 is 11.6 Å². The summed E-state index contributed by atoms with van der Waals surface area (Å²) in [6.45, 7) is 2.18. The van der Waals surface area contributed by atoms with Gasteiger partial charge >= 0.3 is 0 Å². The highest BCUT2D eigenvalue weighted by atomic mass is 35.5. The van der Waals surface area contributed by atoms with Gasteiger partial charge in [0.15, 0.2) is 17.3 Å². The Morgan fingerprint density at radius 2 is 2.10 bits per heavy atom. The number of anilines is 2. The lowest BCUT2D eigenvalue weighted by molar-refractivity contribution is -0.148. The number of halogens is 2. The van der Waals surface area contributed by atoms with Gasteiger partial charge in [-0.2, -0.15) is 0 Å². The van der Waals surface area contributed by atoms with Gasteiger partial charge in [0, 0.05) is 11.5 Å². The summed E-state index contributed by atoms with van der Waals surface area (Å²) >= 11 is 5.86. The number of hydrogen-bond donors (Lipinski definition) is 2. The SMILES string of the molecule is COc1cc2c(Nc3cccc(Cl)c3F)ncnc2cc1OC1CN(C(=O)C(C)O)C1. The van der Waals surface area contributed by atoms with Crippen LogP contribution in [-0.4, -0.2) is 58.3 Å². The molecule has 8 nitrogen and oxygen atoms in total. The second-order valence-corrected chi connectivity index (χ2v) is 7.54. The molecular formula is C21H20ClFN4O4. The summed E-state index contributed by atoms with van der Waals surface area (Å²) in [5, 5.41) is 12.9. The molecule has 3 aromatic rings. The first kappa shape index (κ1) is 21.1. The van der Waals surface area contributed by atoms with E-state index in [9.17, 15) is 14.3 Å². The molecule has 0 spiro atoms. The van der Waals surface area contributed by atoms with Crippen LogP contribution in [0.2, 0.25) is 5.02 Å². The van der Waals surface area contributed by atoms with E-state index < -0.39 is 11.9 Å². The number of methoxy groups -OCH3 is 1. The summed E-state index contributed by atoms with van der Waals surface area (Å²) < 4.78 is 25.7. The fourth-order valence-corrected chi connectivity index (χ4v) is 3.45. The molecule has 2 aromatic carbocycles. The predicted octanol–water partition coefficient (Wildman–Crippen LogP) is 3.14. The van der Waals surface area contributed by atoms with E-state index in [-0.39, 0.29) is 22.7 Å². The number of benzene rings is 2. The summed E-state index contributed by atoms with van der Waals surface area (Å²) in [6.07, 6.45) is 0.0904. The maximum Gasteiger partial charge on any atom is 0.251 e. The number of aliphatic hydroxyl groups excluding tert-OH is 1. The number of hydrogen-bond acceptors (Lipinski definition) is 7. The van der Waals surface area contributed by atoms with E-state index in [0.717, 1.165) is 0 Å². The zero-order chi connectivity index (χ0) is 22.1. The van der Waals surface area contributed by atoms with Gasteiger partial charge in [-0.25, -0.2) is 14.4 Å². The van der Waals surface area contributed by atoms with Crippen molar-refractivity contribution < 1.29 is 23.8 Å². The van der Waals surface area contributed by atoms with Gasteiger partial charge in [-0.15, -0.1) is 0 Å². The molecule has 0 saturated carbocycles. The molecule has 31 heavy (non-hydrogen) atoms. The van der Waals surface area contributed by atoms with Crippen molar-refractivity contribution in [2.24, 2.45) is 0 Å². The van der Waals surface area contributed by atoms with Crippen LogP contribution in [0, 0.1) is 5.82 Å². The van der Waals surface area contributed by atoms with Crippen LogP contribution in [0.5, 0.6) is 11.5 Å². The average Bonchev–Trinajstić information content (AvgIpc) is 2.72. The number of nitrogens with one attached hydrogen (secondary N) is 1. The number of amides is 1. The number of nitrogens with zero attached hydrogens (tertiary/aromatic N) is 3. The minimum atomic E-state index is -1.04. The van der Waals surface area contributed by atoms with E-state index in [1.54, 1.807) is 24.3 Å². The summed E-state index contributed by atoms with van der Waals surface area (Å²) in [5.74, 6) is 0.375. The highest BCUT2D eigenvalue weighted by Gasteiger charge is 2.34. The Hall–Kier alpha value is -3.17. The Kier molecular flexibility index (Phi) is 5.79. The van der Waals surface area contributed by atoms with Crippen LogP contribution in [-0.2, 0) is 4.79 Å². The lowest BCUT2D eigenvalue weighted by Gasteiger charge is -2.39. The van der Waals surface area contributed by atoms with Gasteiger partial charge in [-0.3, -0.25) is 4.79 Å². The van der Waals surface area contributed by atoms with Gasteiger partial charge in [-0.05, 0) is 25.1 Å². The van der Waals surface area contributed by atoms with Crippen molar-refractivity contribution in [3.05, 3.63) is 47.5 Å². The standard InChI is InChI=1S/C21H20ClFN4O4/c1-11(28)21(29)27-8-12(9-27)31-18-7-16-13(6-17(18)30-2)20(25-10-24-16)26-15-5-3-4-14(22)19(15)23/h3-7,10-12,28H,8-9H2,1-2H3,(H,24,25,26). The molecule has 1 unspecified atom stereocenters. The van der Waals surface area contributed by atoms with Crippen LogP contribution in [0.15, 0.2) is 36.7 Å². The molecule has 1 fully saturated rings. The second-order valence-electron chi connectivity index (χ2n) is 7.13. The monoisotopic (exact) mass is 446 g/mol. The van der Waals surface area contributed by atoms with Crippen molar-refractivity contribution in [3.63, 3.8) is 0 Å². The molecule has 10 heteroatoms. The number of carbonyl (C=O) groups is 1. The average molecular weight is 447 g/mol. The predicted molar refractivity (Wildman–Crippen MR) is 113 cm³/mol. The third-order valence-electron chi connectivity index (χ3n) is 4.94. The van der Waals surface area contributed by atoms with Crippen LogP contribution in [0.25, 0.3) is 10.9 Å². The van der Waals surface area contributed by atoms with Crippen LogP contribution in [0.1, 0.15) is 6.92 Å². The van der Waals surface area contributed by atoms with Crippen molar-refractivity contribution >= 4 is 39.9 Å². The molecule has 1 atom stereocenters. The number of ether oxygens (including phenoxy) is 2. The molecule has 1 aliphatic heterocycles. The maximum absolute atomic E-state index is 14.3. The Morgan fingerprint density at radius 3 is 2.81 bits per heavy atom. The molecule has 2 N–H and O–H groups in total. The summed E-state index contributed by atoms with van der Waals surface area (Å²) in [6, 6.07) is 8.05. The van der Waals surface area contributed by atoms with Gasteiger partial charge < -0.3 is 24.8 Å². The summed E-state index contributed by atoms with van der Waals surface area (Å²) in [5.41, 5.74) is 0.746.